The lowest BCUT2D eigenvalue weighted by Crippen LogP contribution is -2.46. The fourth-order valence-electron chi connectivity index (χ4n) is 9.20. The van der Waals surface area contributed by atoms with Crippen LogP contribution in [0.2, 0.25) is 0 Å². The first kappa shape index (κ1) is 51.8. The summed E-state index contributed by atoms with van der Waals surface area (Å²) in [6, 6.07) is 0. The number of esters is 1. The van der Waals surface area contributed by atoms with Crippen molar-refractivity contribution in [2.75, 3.05) is 45.2 Å². The van der Waals surface area contributed by atoms with Gasteiger partial charge in [0.15, 0.2) is 5.75 Å². The number of rotatable bonds is 11. The number of amides is 1. The minimum absolute atomic E-state index is 0.0619. The molecule has 66 heavy (non-hydrogen) atoms. The molecular weight excluding hydrogens is 849 g/mol. The molecule has 2 aromatic carbocycles. The zero-order valence-corrected chi connectivity index (χ0v) is 40.3. The smallest absolute Gasteiger partial charge is 0.312 e. The third kappa shape index (κ3) is 11.3. The maximum absolute atomic E-state index is 14.6. The number of nitrogens with zero attached hydrogens (tertiary/aromatic N) is 3. The van der Waals surface area contributed by atoms with E-state index in [-0.39, 0.29) is 44.5 Å². The molecule has 5 bridgehead atoms. The molecule has 1 saturated heterocycles. The Kier molecular flexibility index (Phi) is 17.7. The topological polar surface area (TPSA) is 220 Å². The van der Waals surface area contributed by atoms with E-state index in [2.05, 4.69) is 22.2 Å². The SMILES string of the molecule is CCCCCCCCN1CCN(/N=C/c2c3c(O)c4c(O)c(C)c5c(c4c2O)C(=O)C(C)(OC=CC(OC)C(C)C(OC(C)=O)C(C)C(O)C(C)C(O)C(C)C=CC=C(C)C(=O)N3)O5)CC1. The van der Waals surface area contributed by atoms with Crippen LogP contribution in [-0.2, 0) is 23.8 Å². The second-order valence-electron chi connectivity index (χ2n) is 18.4. The highest BCUT2D eigenvalue weighted by Crippen LogP contribution is 2.55. The minimum atomic E-state index is -2.05. The number of benzene rings is 2. The predicted molar refractivity (Wildman–Crippen MR) is 253 cm³/mol. The summed E-state index contributed by atoms with van der Waals surface area (Å²) >= 11 is 0. The van der Waals surface area contributed by atoms with E-state index >= 15 is 0 Å². The summed E-state index contributed by atoms with van der Waals surface area (Å²) < 4.78 is 23.8. The molecule has 9 unspecified atom stereocenters. The summed E-state index contributed by atoms with van der Waals surface area (Å²) in [7, 11) is 1.44. The number of unbranched alkanes of at least 4 members (excludes halogenated alkanes) is 5. The summed E-state index contributed by atoms with van der Waals surface area (Å²) in [5, 5.41) is 67.7. The number of Topliss-reactive ketones (excluding diaryl/α,β-unsaturated/α-hetero) is 1. The fraction of sp³-hybridized carbons (Fsp3) is 0.600. The van der Waals surface area contributed by atoms with Gasteiger partial charge < -0.3 is 49.8 Å². The van der Waals surface area contributed by atoms with Crippen molar-refractivity contribution in [2.24, 2.45) is 28.8 Å². The van der Waals surface area contributed by atoms with Gasteiger partial charge in [-0.05, 0) is 32.9 Å². The van der Waals surface area contributed by atoms with Gasteiger partial charge in [-0.15, -0.1) is 0 Å². The molecule has 6 rings (SSSR count). The summed E-state index contributed by atoms with van der Waals surface area (Å²) in [5.41, 5.74) is -0.303. The van der Waals surface area contributed by atoms with Crippen LogP contribution in [0, 0.1) is 30.6 Å². The molecule has 364 valence electrons. The van der Waals surface area contributed by atoms with Gasteiger partial charge in [-0.2, -0.15) is 5.10 Å². The van der Waals surface area contributed by atoms with Crippen molar-refractivity contribution >= 4 is 40.3 Å². The largest absolute Gasteiger partial charge is 0.507 e. The Balaban J connectivity index is 1.60. The number of allylic oxidation sites excluding steroid dienone is 2. The first-order valence-electron chi connectivity index (χ1n) is 23.4. The van der Waals surface area contributed by atoms with Crippen molar-refractivity contribution in [3.63, 3.8) is 0 Å². The Labute approximate surface area is 388 Å². The lowest BCUT2D eigenvalue weighted by molar-refractivity contribution is -0.160. The maximum Gasteiger partial charge on any atom is 0.312 e. The minimum Gasteiger partial charge on any atom is -0.507 e. The van der Waals surface area contributed by atoms with E-state index in [0.717, 1.165) is 26.1 Å². The van der Waals surface area contributed by atoms with E-state index < -0.39 is 88.8 Å². The van der Waals surface area contributed by atoms with Crippen LogP contribution in [-0.4, -0.2) is 129 Å². The summed E-state index contributed by atoms with van der Waals surface area (Å²) in [6.45, 7) is 18.5. The van der Waals surface area contributed by atoms with Gasteiger partial charge in [0.25, 0.3) is 11.7 Å². The molecule has 16 nitrogen and oxygen atoms in total. The zero-order chi connectivity index (χ0) is 48.6. The van der Waals surface area contributed by atoms with Crippen molar-refractivity contribution in [3.05, 3.63) is 52.8 Å². The number of ether oxygens (including phenoxy) is 4. The third-order valence-corrected chi connectivity index (χ3v) is 13.6. The van der Waals surface area contributed by atoms with Crippen LogP contribution < -0.4 is 10.1 Å². The van der Waals surface area contributed by atoms with Crippen molar-refractivity contribution in [1.82, 2.24) is 9.91 Å². The number of phenolic OH excluding ortho intramolecular Hbond substituents is 3. The van der Waals surface area contributed by atoms with E-state index in [4.69, 9.17) is 18.9 Å². The van der Waals surface area contributed by atoms with E-state index in [1.807, 2.05) is 5.01 Å². The first-order chi connectivity index (χ1) is 31.3. The molecule has 0 aromatic heterocycles. The van der Waals surface area contributed by atoms with E-state index in [1.54, 1.807) is 46.8 Å². The van der Waals surface area contributed by atoms with Crippen LogP contribution in [0.15, 0.2) is 41.2 Å². The number of nitrogens with one attached hydrogen (secondary N) is 1. The summed E-state index contributed by atoms with van der Waals surface area (Å²) in [5.74, 6) is -8.30. The van der Waals surface area contributed by atoms with Crippen LogP contribution in [0.1, 0.15) is 115 Å². The van der Waals surface area contributed by atoms with Crippen LogP contribution >= 0.6 is 0 Å². The molecule has 0 spiro atoms. The summed E-state index contributed by atoms with van der Waals surface area (Å²) in [6.07, 6.45) is 12.2. The molecule has 6 N–H and O–H groups in total. The number of ketones is 1. The highest BCUT2D eigenvalue weighted by Gasteiger charge is 2.50. The molecule has 1 fully saturated rings. The molecule has 4 aliphatic rings. The predicted octanol–water partition coefficient (Wildman–Crippen LogP) is 7.07. The van der Waals surface area contributed by atoms with E-state index in [0.29, 0.717) is 13.1 Å². The van der Waals surface area contributed by atoms with Crippen molar-refractivity contribution < 1.29 is 58.9 Å². The number of fused-ring (bicyclic) bond motifs is 14. The van der Waals surface area contributed by atoms with Gasteiger partial charge in [0, 0.05) is 87.3 Å². The zero-order valence-electron chi connectivity index (χ0n) is 40.3. The molecule has 16 heteroatoms. The number of aliphatic hydroxyl groups is 2. The molecule has 0 aliphatic carbocycles. The van der Waals surface area contributed by atoms with E-state index in [9.17, 15) is 39.9 Å². The fourth-order valence-corrected chi connectivity index (χ4v) is 9.20. The van der Waals surface area contributed by atoms with Gasteiger partial charge in [0.2, 0.25) is 0 Å². The third-order valence-electron chi connectivity index (χ3n) is 13.6. The van der Waals surface area contributed by atoms with Crippen molar-refractivity contribution in [1.29, 1.82) is 0 Å². The highest BCUT2D eigenvalue weighted by molar-refractivity contribution is 6.23. The number of piperazine rings is 1. The monoisotopic (exact) mass is 921 g/mol. The van der Waals surface area contributed by atoms with E-state index in [1.165, 1.54) is 84.6 Å². The lowest BCUT2D eigenvalue weighted by atomic mass is 9.78. The number of carbonyl (C=O) groups is 3. The standard InChI is InChI=1S/C50H72N4O12/c1-11-12-13-14-15-16-21-53-22-24-54(25-23-53)51-27-35-40-45(60)38-37(44(35)59)39-47(33(7)43(38)58)66-50(9,48(39)61)64-26-20-36(63-10)30(4)46(65-34(8)55)32(6)42(57)31(5)41(56)28(2)18-17-19-29(3)49(62)52-40/h17-20,26-28,30-32,36,41-42,46,56-60H,11-16,21-25H2,1-10H3,(H,52,62)/b18-17?,26-20?,29-19?,51-27+. The van der Waals surface area contributed by atoms with Gasteiger partial charge in [-0.3, -0.25) is 24.3 Å². The van der Waals surface area contributed by atoms with Crippen LogP contribution in [0.3, 0.4) is 0 Å². The number of methoxy groups -OCH3 is 1. The Morgan fingerprint density at radius 1 is 0.909 bits per heavy atom. The van der Waals surface area contributed by atoms with Gasteiger partial charge in [-0.1, -0.05) is 85.0 Å². The number of aliphatic hydroxyl groups excluding tert-OH is 2. The van der Waals surface area contributed by atoms with Crippen molar-refractivity contribution in [3.8, 4) is 23.0 Å². The number of aromatic hydroxyl groups is 3. The van der Waals surface area contributed by atoms with Gasteiger partial charge >= 0.3 is 11.8 Å². The molecule has 4 heterocycles. The Morgan fingerprint density at radius 3 is 2.23 bits per heavy atom. The summed E-state index contributed by atoms with van der Waals surface area (Å²) in [4.78, 5) is 43.2. The average Bonchev–Trinajstić information content (AvgIpc) is 3.55. The Bertz CT molecular complexity index is 2200. The Hall–Kier alpha value is -5.16. The second kappa shape index (κ2) is 22.6. The molecule has 4 aliphatic heterocycles. The molecule has 1 amide bonds. The first-order valence-corrected chi connectivity index (χ1v) is 23.4. The number of hydrogen-bond donors (Lipinski definition) is 6. The molecule has 0 radical (unpaired) electrons. The normalized spacial score (nSPS) is 28.2. The number of anilines is 1. The van der Waals surface area contributed by atoms with Crippen LogP contribution in [0.25, 0.3) is 10.8 Å². The lowest BCUT2D eigenvalue weighted by Gasteiger charge is -2.38. The van der Waals surface area contributed by atoms with Gasteiger partial charge in [0.1, 0.15) is 23.4 Å². The molecular formula is C50H72N4O12. The highest BCUT2D eigenvalue weighted by atomic mass is 16.7. The van der Waals surface area contributed by atoms with Crippen LogP contribution in [0.4, 0.5) is 5.69 Å². The quantitative estimate of drug-likeness (QED) is 0.0437. The molecule has 2 aromatic rings. The van der Waals surface area contributed by atoms with Crippen molar-refractivity contribution in [2.45, 2.75) is 131 Å². The number of phenols is 3. The average molecular weight is 921 g/mol. The van der Waals surface area contributed by atoms with Gasteiger partial charge in [0.05, 0.1) is 53.0 Å². The Morgan fingerprint density at radius 2 is 1.58 bits per heavy atom. The van der Waals surface area contributed by atoms with Gasteiger partial charge in [-0.25, -0.2) is 0 Å². The van der Waals surface area contributed by atoms with Crippen LogP contribution in [0.5, 0.6) is 23.0 Å². The molecule has 0 saturated carbocycles. The second-order valence-corrected chi connectivity index (χ2v) is 18.4. The number of carbonyl (C=O) groups excluding carboxylic acids is 3. The molecule has 9 atom stereocenters. The number of hydrazone groups is 1. The number of hydrogen-bond acceptors (Lipinski definition) is 15. The maximum atomic E-state index is 14.6.